The molecule has 1 N–H and O–H groups in total. The summed E-state index contributed by atoms with van der Waals surface area (Å²) in [6.45, 7) is 3.94. The van der Waals surface area contributed by atoms with Crippen LogP contribution in [-0.4, -0.2) is 32.8 Å². The second-order valence-corrected chi connectivity index (χ2v) is 8.03. The van der Waals surface area contributed by atoms with Gasteiger partial charge in [0.15, 0.2) is 11.5 Å². The zero-order chi connectivity index (χ0) is 23.7. The molecule has 5 aromatic rings. The Hall–Kier alpha value is -4.52. The molecular formula is C27H23N5O2. The topological polar surface area (TPSA) is 81.4 Å². The Morgan fingerprint density at radius 2 is 1.68 bits per heavy atom. The van der Waals surface area contributed by atoms with Gasteiger partial charge in [-0.3, -0.25) is 4.79 Å². The van der Waals surface area contributed by atoms with Gasteiger partial charge in [0, 0.05) is 22.4 Å². The quantitative estimate of drug-likeness (QED) is 0.392. The summed E-state index contributed by atoms with van der Waals surface area (Å²) in [4.78, 5) is 12.9. The molecule has 0 radical (unpaired) electrons. The van der Waals surface area contributed by atoms with Crippen molar-refractivity contribution < 1.29 is 9.53 Å². The number of amides is 1. The smallest absolute Gasteiger partial charge is 0.255 e. The molecule has 0 bridgehead atoms. The fourth-order valence-electron chi connectivity index (χ4n) is 3.84. The molecule has 168 valence electrons. The zero-order valence-electron chi connectivity index (χ0n) is 19.1. The third-order valence-corrected chi connectivity index (χ3v) is 5.81. The molecule has 0 spiro atoms. The van der Waals surface area contributed by atoms with E-state index in [1.165, 1.54) is 0 Å². The number of aromatic nitrogens is 4. The second-order valence-electron chi connectivity index (χ2n) is 8.03. The van der Waals surface area contributed by atoms with Crippen LogP contribution in [0, 0.1) is 13.8 Å². The molecule has 7 heteroatoms. The van der Waals surface area contributed by atoms with Crippen molar-refractivity contribution in [2.75, 3.05) is 12.4 Å². The van der Waals surface area contributed by atoms with Crippen LogP contribution < -0.4 is 10.1 Å². The Morgan fingerprint density at radius 3 is 2.47 bits per heavy atom. The molecular weight excluding hydrogens is 426 g/mol. The minimum absolute atomic E-state index is 0.202. The third-order valence-electron chi connectivity index (χ3n) is 5.81. The lowest BCUT2D eigenvalue weighted by Gasteiger charge is -2.12. The monoisotopic (exact) mass is 449 g/mol. The van der Waals surface area contributed by atoms with Crippen molar-refractivity contribution in [3.05, 3.63) is 95.6 Å². The van der Waals surface area contributed by atoms with E-state index < -0.39 is 0 Å². The van der Waals surface area contributed by atoms with Gasteiger partial charge in [0.05, 0.1) is 12.8 Å². The number of carbonyl (C=O) groups is 1. The first-order valence-electron chi connectivity index (χ1n) is 10.9. The molecule has 34 heavy (non-hydrogen) atoms. The molecule has 1 amide bonds. The highest BCUT2D eigenvalue weighted by molar-refractivity contribution is 6.05. The van der Waals surface area contributed by atoms with Gasteiger partial charge in [-0.2, -0.15) is 9.61 Å². The van der Waals surface area contributed by atoms with Crippen LogP contribution in [0.4, 0.5) is 5.69 Å². The number of methoxy groups -OCH3 is 1. The Kier molecular flexibility index (Phi) is 5.51. The molecule has 2 heterocycles. The highest BCUT2D eigenvalue weighted by atomic mass is 16.5. The van der Waals surface area contributed by atoms with Crippen LogP contribution in [0.1, 0.15) is 21.5 Å². The van der Waals surface area contributed by atoms with E-state index >= 15 is 0 Å². The first-order chi connectivity index (χ1) is 16.5. The van der Waals surface area contributed by atoms with Crippen LogP contribution in [0.25, 0.3) is 28.3 Å². The summed E-state index contributed by atoms with van der Waals surface area (Å²) in [6.07, 6.45) is 0. The Balaban J connectivity index is 1.45. The van der Waals surface area contributed by atoms with Gasteiger partial charge in [0.1, 0.15) is 5.75 Å². The van der Waals surface area contributed by atoms with Gasteiger partial charge in [-0.05, 0) is 61.4 Å². The predicted molar refractivity (Wildman–Crippen MR) is 132 cm³/mol. The number of ether oxygens (including phenoxy) is 1. The number of benzene rings is 3. The molecule has 2 aromatic heterocycles. The molecule has 0 saturated carbocycles. The van der Waals surface area contributed by atoms with Crippen LogP contribution in [-0.2, 0) is 0 Å². The molecule has 0 saturated heterocycles. The highest BCUT2D eigenvalue weighted by Crippen LogP contribution is 2.26. The predicted octanol–water partition coefficient (Wildman–Crippen LogP) is 5.34. The van der Waals surface area contributed by atoms with E-state index in [4.69, 9.17) is 9.84 Å². The average molecular weight is 450 g/mol. The van der Waals surface area contributed by atoms with E-state index in [2.05, 4.69) is 15.5 Å². The van der Waals surface area contributed by atoms with Crippen molar-refractivity contribution >= 4 is 17.2 Å². The molecule has 3 aromatic carbocycles. The first-order valence-corrected chi connectivity index (χ1v) is 10.9. The van der Waals surface area contributed by atoms with E-state index in [0.29, 0.717) is 28.5 Å². The maximum absolute atomic E-state index is 12.9. The molecule has 0 unspecified atom stereocenters. The minimum Gasteiger partial charge on any atom is -0.496 e. The largest absolute Gasteiger partial charge is 0.496 e. The van der Waals surface area contributed by atoms with Crippen molar-refractivity contribution in [1.29, 1.82) is 0 Å². The standard InChI is InChI=1S/C27H23N5O2/c1-17-14-21(16-24(34-3)18(17)2)27(33)28-22-11-7-10-20(15-22)23-12-13-25-29-30-26(32(25)31-23)19-8-5-4-6-9-19/h4-16H,1-3H3,(H,28,33). The number of aryl methyl sites for hydroxylation is 1. The van der Waals surface area contributed by atoms with Crippen LogP contribution >= 0.6 is 0 Å². The number of fused-ring (bicyclic) bond motifs is 1. The molecule has 0 atom stereocenters. The molecule has 0 aliphatic carbocycles. The fourth-order valence-corrected chi connectivity index (χ4v) is 3.84. The summed E-state index contributed by atoms with van der Waals surface area (Å²) >= 11 is 0. The van der Waals surface area contributed by atoms with Crippen molar-refractivity contribution in [3.63, 3.8) is 0 Å². The minimum atomic E-state index is -0.202. The molecule has 0 aliphatic rings. The summed E-state index contributed by atoms with van der Waals surface area (Å²) in [6, 6.07) is 24.8. The maximum Gasteiger partial charge on any atom is 0.255 e. The number of rotatable bonds is 5. The van der Waals surface area contributed by atoms with Gasteiger partial charge in [-0.1, -0.05) is 42.5 Å². The van der Waals surface area contributed by atoms with Crippen LogP contribution in [0.15, 0.2) is 78.9 Å². The summed E-state index contributed by atoms with van der Waals surface area (Å²) < 4.78 is 7.15. The van der Waals surface area contributed by atoms with Crippen LogP contribution in [0.5, 0.6) is 5.75 Å². The van der Waals surface area contributed by atoms with E-state index in [-0.39, 0.29) is 5.91 Å². The van der Waals surface area contributed by atoms with Gasteiger partial charge >= 0.3 is 0 Å². The van der Waals surface area contributed by atoms with Gasteiger partial charge < -0.3 is 10.1 Å². The highest BCUT2D eigenvalue weighted by Gasteiger charge is 2.13. The maximum atomic E-state index is 12.9. The van der Waals surface area contributed by atoms with E-state index in [9.17, 15) is 4.79 Å². The number of hydrogen-bond donors (Lipinski definition) is 1. The molecule has 5 rings (SSSR count). The van der Waals surface area contributed by atoms with Gasteiger partial charge in [-0.25, -0.2) is 0 Å². The number of anilines is 1. The first kappa shape index (κ1) is 21.3. The summed E-state index contributed by atoms with van der Waals surface area (Å²) in [5, 5.41) is 16.3. The number of nitrogens with zero attached hydrogens (tertiary/aromatic N) is 4. The van der Waals surface area contributed by atoms with E-state index in [0.717, 1.165) is 27.9 Å². The number of carbonyl (C=O) groups excluding carboxylic acids is 1. The Labute approximate surface area is 197 Å². The fraction of sp³-hybridized carbons (Fsp3) is 0.111. The van der Waals surface area contributed by atoms with Crippen molar-refractivity contribution in [3.8, 4) is 28.4 Å². The van der Waals surface area contributed by atoms with Gasteiger partial charge in [0.2, 0.25) is 0 Å². The van der Waals surface area contributed by atoms with E-state index in [1.807, 2.05) is 86.6 Å². The van der Waals surface area contributed by atoms with Gasteiger partial charge in [0.25, 0.3) is 5.91 Å². The lowest BCUT2D eigenvalue weighted by molar-refractivity contribution is 0.102. The van der Waals surface area contributed by atoms with Crippen LogP contribution in [0.2, 0.25) is 0 Å². The summed E-state index contributed by atoms with van der Waals surface area (Å²) in [5.41, 5.74) is 6.44. The Morgan fingerprint density at radius 1 is 0.882 bits per heavy atom. The van der Waals surface area contributed by atoms with Gasteiger partial charge in [-0.15, -0.1) is 10.2 Å². The molecule has 0 aliphatic heterocycles. The van der Waals surface area contributed by atoms with Crippen molar-refractivity contribution in [2.24, 2.45) is 0 Å². The lowest BCUT2D eigenvalue weighted by atomic mass is 10.0. The van der Waals surface area contributed by atoms with Crippen molar-refractivity contribution in [2.45, 2.75) is 13.8 Å². The summed E-state index contributed by atoms with van der Waals surface area (Å²) in [5.74, 6) is 1.16. The number of hydrogen-bond acceptors (Lipinski definition) is 5. The normalized spacial score (nSPS) is 10.9. The van der Waals surface area contributed by atoms with Crippen molar-refractivity contribution in [1.82, 2.24) is 19.8 Å². The molecule has 7 nitrogen and oxygen atoms in total. The van der Waals surface area contributed by atoms with Crippen LogP contribution in [0.3, 0.4) is 0 Å². The lowest BCUT2D eigenvalue weighted by Crippen LogP contribution is -2.12. The van der Waals surface area contributed by atoms with E-state index in [1.54, 1.807) is 17.7 Å². The average Bonchev–Trinajstić information content (AvgIpc) is 3.29. The SMILES string of the molecule is COc1cc(C(=O)Nc2cccc(-c3ccc4nnc(-c5ccccc5)n4n3)c2)cc(C)c1C. The third kappa shape index (κ3) is 3.99. The summed E-state index contributed by atoms with van der Waals surface area (Å²) in [7, 11) is 1.61. The Bertz CT molecular complexity index is 1510. The second kappa shape index (κ2) is 8.78. The zero-order valence-corrected chi connectivity index (χ0v) is 19.1. The number of nitrogens with one attached hydrogen (secondary N) is 1. The molecule has 0 fully saturated rings.